The van der Waals surface area contributed by atoms with Crippen LogP contribution >= 0.6 is 0 Å². The number of hydrogen-bond donors (Lipinski definition) is 0. The van der Waals surface area contributed by atoms with Gasteiger partial charge in [-0.15, -0.1) is 6.58 Å². The van der Waals surface area contributed by atoms with Crippen LogP contribution in [0.25, 0.3) is 0 Å². The smallest absolute Gasteiger partial charge is 0.233 e. The minimum absolute atomic E-state index is 0.329. The van der Waals surface area contributed by atoms with Gasteiger partial charge in [0.25, 0.3) is 0 Å². The van der Waals surface area contributed by atoms with E-state index in [1.807, 2.05) is 20.8 Å². The van der Waals surface area contributed by atoms with Crippen molar-refractivity contribution in [3.05, 3.63) is 12.7 Å². The lowest BCUT2D eigenvalue weighted by molar-refractivity contribution is -0.211. The average molecular weight is 157 g/mol. The van der Waals surface area contributed by atoms with E-state index in [1.54, 1.807) is 6.08 Å². The van der Waals surface area contributed by atoms with Gasteiger partial charge in [0, 0.05) is 0 Å². The highest BCUT2D eigenvalue weighted by molar-refractivity contribution is 5.45. The van der Waals surface area contributed by atoms with Crippen LogP contribution in [0.3, 0.4) is 0 Å². The molecule has 0 saturated carbocycles. The van der Waals surface area contributed by atoms with Crippen molar-refractivity contribution in [2.45, 2.75) is 26.4 Å². The molecule has 0 heterocycles. The van der Waals surface area contributed by atoms with Gasteiger partial charge in [-0.25, -0.2) is 5.06 Å². The molecule has 0 aliphatic heterocycles. The van der Waals surface area contributed by atoms with Gasteiger partial charge >= 0.3 is 0 Å². The predicted octanol–water partition coefficient (Wildman–Crippen LogP) is 1.36. The van der Waals surface area contributed by atoms with Gasteiger partial charge in [-0.2, -0.15) is 0 Å². The van der Waals surface area contributed by atoms with Crippen molar-refractivity contribution >= 4 is 6.41 Å². The fourth-order valence-corrected chi connectivity index (χ4v) is 0.581. The summed E-state index contributed by atoms with van der Waals surface area (Å²) in [4.78, 5) is 15.5. The van der Waals surface area contributed by atoms with Gasteiger partial charge in [-0.05, 0) is 20.8 Å². The minimum Gasteiger partial charge on any atom is -0.276 e. The lowest BCUT2D eigenvalue weighted by Crippen LogP contribution is -2.33. The highest BCUT2D eigenvalue weighted by Crippen LogP contribution is 2.08. The first kappa shape index (κ1) is 10.2. The summed E-state index contributed by atoms with van der Waals surface area (Å²) in [5, 5.41) is 1.22. The molecule has 0 rings (SSSR count). The molecule has 3 heteroatoms. The quantitative estimate of drug-likeness (QED) is 0.350. The first-order valence-electron chi connectivity index (χ1n) is 3.51. The van der Waals surface area contributed by atoms with Crippen LogP contribution in [0, 0.1) is 0 Å². The molecule has 0 saturated heterocycles. The summed E-state index contributed by atoms with van der Waals surface area (Å²) < 4.78 is 0. The number of carbonyl (C=O) groups excluding carboxylic acids is 1. The average Bonchev–Trinajstić information content (AvgIpc) is 1.84. The molecule has 0 fully saturated rings. The predicted molar refractivity (Wildman–Crippen MR) is 43.8 cm³/mol. The Morgan fingerprint density at radius 2 is 2.09 bits per heavy atom. The fraction of sp³-hybridized carbons (Fsp3) is 0.625. The Balaban J connectivity index is 3.87. The van der Waals surface area contributed by atoms with Crippen molar-refractivity contribution in [3.63, 3.8) is 0 Å². The highest BCUT2D eigenvalue weighted by atomic mass is 16.7. The second kappa shape index (κ2) is 4.13. The van der Waals surface area contributed by atoms with Gasteiger partial charge in [-0.3, -0.25) is 9.63 Å². The van der Waals surface area contributed by atoms with Gasteiger partial charge in [0.15, 0.2) is 0 Å². The molecule has 0 aromatic heterocycles. The van der Waals surface area contributed by atoms with E-state index in [0.29, 0.717) is 13.0 Å². The Morgan fingerprint density at radius 3 is 2.36 bits per heavy atom. The SMILES string of the molecule is C=CCN(C=O)OC(C)(C)C. The summed E-state index contributed by atoms with van der Waals surface area (Å²) in [6.45, 7) is 9.56. The molecule has 1 amide bonds. The molecular formula is C8H15NO2. The van der Waals surface area contributed by atoms with E-state index in [2.05, 4.69) is 6.58 Å². The van der Waals surface area contributed by atoms with Crippen LogP contribution in [0.5, 0.6) is 0 Å². The molecule has 3 nitrogen and oxygen atoms in total. The van der Waals surface area contributed by atoms with Crippen LogP contribution in [0.2, 0.25) is 0 Å². The highest BCUT2D eigenvalue weighted by Gasteiger charge is 2.14. The summed E-state index contributed by atoms with van der Waals surface area (Å²) in [5.74, 6) is 0. The first-order chi connectivity index (χ1) is 4.99. The van der Waals surface area contributed by atoms with Gasteiger partial charge in [0.2, 0.25) is 6.41 Å². The van der Waals surface area contributed by atoms with Crippen LogP contribution in [0.1, 0.15) is 20.8 Å². The summed E-state index contributed by atoms with van der Waals surface area (Å²) in [7, 11) is 0. The molecule has 0 aliphatic rings. The molecule has 0 aromatic carbocycles. The number of rotatable bonds is 4. The molecule has 0 aliphatic carbocycles. The normalized spacial score (nSPS) is 10.8. The third-order valence-corrected chi connectivity index (χ3v) is 0.818. The van der Waals surface area contributed by atoms with Crippen molar-refractivity contribution in [2.24, 2.45) is 0 Å². The molecule has 0 unspecified atom stereocenters. The van der Waals surface area contributed by atoms with Crippen LogP contribution < -0.4 is 0 Å². The van der Waals surface area contributed by atoms with Crippen molar-refractivity contribution < 1.29 is 9.63 Å². The Morgan fingerprint density at radius 1 is 1.55 bits per heavy atom. The molecular weight excluding hydrogens is 142 g/mol. The van der Waals surface area contributed by atoms with Crippen LogP contribution in [-0.4, -0.2) is 23.6 Å². The number of nitrogens with zero attached hydrogens (tertiary/aromatic N) is 1. The van der Waals surface area contributed by atoms with Gasteiger partial charge in [0.1, 0.15) is 0 Å². The second-order valence-corrected chi connectivity index (χ2v) is 3.20. The minimum atomic E-state index is -0.329. The van der Waals surface area contributed by atoms with E-state index < -0.39 is 0 Å². The van der Waals surface area contributed by atoms with Crippen molar-refractivity contribution in [1.29, 1.82) is 0 Å². The molecule has 0 aromatic rings. The zero-order chi connectivity index (χ0) is 8.91. The van der Waals surface area contributed by atoms with Crippen molar-refractivity contribution in [1.82, 2.24) is 5.06 Å². The molecule has 0 atom stereocenters. The molecule has 0 N–H and O–H groups in total. The van der Waals surface area contributed by atoms with E-state index in [9.17, 15) is 4.79 Å². The summed E-state index contributed by atoms with van der Waals surface area (Å²) in [6, 6.07) is 0. The number of hydrogen-bond acceptors (Lipinski definition) is 2. The van der Waals surface area contributed by atoms with Crippen molar-refractivity contribution in [3.8, 4) is 0 Å². The van der Waals surface area contributed by atoms with Crippen LogP contribution in [0.15, 0.2) is 12.7 Å². The maximum Gasteiger partial charge on any atom is 0.233 e. The van der Waals surface area contributed by atoms with E-state index in [1.165, 1.54) is 5.06 Å². The maximum atomic E-state index is 10.3. The molecule has 11 heavy (non-hydrogen) atoms. The van der Waals surface area contributed by atoms with E-state index >= 15 is 0 Å². The molecule has 64 valence electrons. The van der Waals surface area contributed by atoms with E-state index in [0.717, 1.165) is 0 Å². The Bertz CT molecular complexity index is 138. The zero-order valence-corrected chi connectivity index (χ0v) is 7.33. The number of carbonyl (C=O) groups is 1. The summed E-state index contributed by atoms with van der Waals surface area (Å²) in [6.07, 6.45) is 2.26. The largest absolute Gasteiger partial charge is 0.276 e. The third kappa shape index (κ3) is 5.61. The first-order valence-corrected chi connectivity index (χ1v) is 3.51. The monoisotopic (exact) mass is 157 g/mol. The molecule has 0 spiro atoms. The Labute approximate surface area is 67.6 Å². The zero-order valence-electron chi connectivity index (χ0n) is 7.33. The third-order valence-electron chi connectivity index (χ3n) is 0.818. The lowest BCUT2D eigenvalue weighted by Gasteiger charge is -2.25. The van der Waals surface area contributed by atoms with Gasteiger partial charge in [-0.1, -0.05) is 6.08 Å². The fourth-order valence-electron chi connectivity index (χ4n) is 0.581. The van der Waals surface area contributed by atoms with Crippen LogP contribution in [-0.2, 0) is 9.63 Å². The number of hydroxylamine groups is 2. The molecule has 0 bridgehead atoms. The van der Waals surface area contributed by atoms with Gasteiger partial charge < -0.3 is 0 Å². The topological polar surface area (TPSA) is 29.5 Å². The van der Waals surface area contributed by atoms with Gasteiger partial charge in [0.05, 0.1) is 12.1 Å². The Hall–Kier alpha value is -0.830. The molecule has 0 radical (unpaired) electrons. The summed E-state index contributed by atoms with van der Waals surface area (Å²) in [5.41, 5.74) is -0.329. The standard InChI is InChI=1S/C8H15NO2/c1-5-6-9(7-10)11-8(2,3)4/h5,7H,1,6H2,2-4H3. The lowest BCUT2D eigenvalue weighted by atomic mass is 10.2. The Kier molecular flexibility index (Phi) is 3.82. The van der Waals surface area contributed by atoms with Crippen molar-refractivity contribution in [2.75, 3.05) is 6.54 Å². The van der Waals surface area contributed by atoms with E-state index in [4.69, 9.17) is 4.84 Å². The van der Waals surface area contributed by atoms with E-state index in [-0.39, 0.29) is 5.60 Å². The second-order valence-electron chi connectivity index (χ2n) is 3.20. The number of amides is 1. The van der Waals surface area contributed by atoms with Crippen LogP contribution in [0.4, 0.5) is 0 Å². The maximum absolute atomic E-state index is 10.3. The summed E-state index contributed by atoms with van der Waals surface area (Å²) >= 11 is 0.